The van der Waals surface area contributed by atoms with Crippen LogP contribution in [-0.4, -0.2) is 41.3 Å². The zero-order chi connectivity index (χ0) is 11.3. The van der Waals surface area contributed by atoms with Crippen molar-refractivity contribution < 1.29 is 24.5 Å². The van der Waals surface area contributed by atoms with E-state index in [0.29, 0.717) is 0 Å². The van der Waals surface area contributed by atoms with Gasteiger partial charge >= 0.3 is 5.97 Å². The van der Waals surface area contributed by atoms with Gasteiger partial charge in [0.15, 0.2) is 0 Å². The van der Waals surface area contributed by atoms with Gasteiger partial charge < -0.3 is 14.9 Å². The fraction of sp³-hybridized carbons (Fsp3) is 0.778. The molecule has 0 aliphatic heterocycles. The number of rotatable bonds is 6. The molecule has 0 saturated carbocycles. The van der Waals surface area contributed by atoms with E-state index in [1.165, 1.54) is 21.0 Å². The first-order valence-electron chi connectivity index (χ1n) is 4.34. The Morgan fingerprint density at radius 2 is 1.93 bits per heavy atom. The highest BCUT2D eigenvalue weighted by atomic mass is 16.5. The van der Waals surface area contributed by atoms with E-state index in [4.69, 9.17) is 14.9 Å². The highest BCUT2D eigenvalue weighted by Gasteiger charge is 2.32. The van der Waals surface area contributed by atoms with Gasteiger partial charge in [-0.05, 0) is 13.8 Å². The van der Waals surface area contributed by atoms with Crippen molar-refractivity contribution in [1.29, 1.82) is 0 Å². The minimum absolute atomic E-state index is 0.132. The number of carbonyl (C=O) groups excluding carboxylic acids is 1. The molecule has 0 aliphatic carbocycles. The van der Waals surface area contributed by atoms with E-state index in [1.807, 2.05) is 0 Å². The Labute approximate surface area is 82.7 Å². The number of carboxylic acids is 1. The van der Waals surface area contributed by atoms with Gasteiger partial charge in [-0.1, -0.05) is 0 Å². The lowest BCUT2D eigenvalue weighted by molar-refractivity contribution is -0.152. The summed E-state index contributed by atoms with van der Waals surface area (Å²) in [6.45, 7) is 2.72. The molecule has 3 unspecified atom stereocenters. The Morgan fingerprint density at radius 3 is 2.14 bits per heavy atom. The monoisotopic (exact) mass is 204 g/mol. The summed E-state index contributed by atoms with van der Waals surface area (Å²) < 4.78 is 4.88. The lowest BCUT2D eigenvalue weighted by Gasteiger charge is -2.21. The molecule has 82 valence electrons. The summed E-state index contributed by atoms with van der Waals surface area (Å²) in [5.74, 6) is -2.88. The number of aliphatic hydroxyl groups excluding tert-OH is 1. The first-order valence-corrected chi connectivity index (χ1v) is 4.34. The lowest BCUT2D eigenvalue weighted by Crippen LogP contribution is -2.37. The molecule has 3 atom stereocenters. The Bertz CT molecular complexity index is 197. The third-order valence-electron chi connectivity index (χ3n) is 1.95. The summed E-state index contributed by atoms with van der Waals surface area (Å²) in [6, 6.07) is 0. The number of ketones is 1. The van der Waals surface area contributed by atoms with E-state index in [1.54, 1.807) is 0 Å². The number of aliphatic hydroxyl groups is 1. The van der Waals surface area contributed by atoms with Gasteiger partial charge in [0, 0.05) is 13.5 Å². The Hall–Kier alpha value is -0.940. The lowest BCUT2D eigenvalue weighted by atomic mass is 9.94. The summed E-state index contributed by atoms with van der Waals surface area (Å²) in [5.41, 5.74) is 0. The Balaban J connectivity index is 4.59. The largest absolute Gasteiger partial charge is 0.481 e. The minimum atomic E-state index is -1.22. The van der Waals surface area contributed by atoms with Crippen LogP contribution in [0.4, 0.5) is 0 Å². The fourth-order valence-corrected chi connectivity index (χ4v) is 1.30. The molecule has 0 heterocycles. The van der Waals surface area contributed by atoms with Gasteiger partial charge in [-0.15, -0.1) is 0 Å². The predicted molar refractivity (Wildman–Crippen MR) is 48.9 cm³/mol. The Kier molecular flexibility index (Phi) is 5.34. The highest BCUT2D eigenvalue weighted by molar-refractivity contribution is 5.97. The van der Waals surface area contributed by atoms with Gasteiger partial charge in [-0.25, -0.2) is 0 Å². The SMILES string of the molecule is COC(CC(C)O)C(C(C)=O)C(=O)O. The smallest absolute Gasteiger partial charge is 0.316 e. The molecule has 0 bridgehead atoms. The molecule has 0 saturated heterocycles. The first-order chi connectivity index (χ1) is 6.40. The van der Waals surface area contributed by atoms with E-state index in [9.17, 15) is 9.59 Å². The van der Waals surface area contributed by atoms with Crippen LogP contribution < -0.4 is 0 Å². The van der Waals surface area contributed by atoms with Gasteiger partial charge in [0.2, 0.25) is 0 Å². The van der Waals surface area contributed by atoms with Crippen molar-refractivity contribution in [3.63, 3.8) is 0 Å². The third kappa shape index (κ3) is 3.85. The summed E-state index contributed by atoms with van der Waals surface area (Å²) in [4.78, 5) is 21.8. The molecule has 0 fully saturated rings. The number of hydrogen-bond acceptors (Lipinski definition) is 4. The number of hydrogen-bond donors (Lipinski definition) is 2. The van der Waals surface area contributed by atoms with Crippen LogP contribution in [0.1, 0.15) is 20.3 Å². The minimum Gasteiger partial charge on any atom is -0.481 e. The summed E-state index contributed by atoms with van der Waals surface area (Å²) in [7, 11) is 1.33. The number of carbonyl (C=O) groups is 2. The topological polar surface area (TPSA) is 83.8 Å². The molecule has 0 radical (unpaired) electrons. The molecular weight excluding hydrogens is 188 g/mol. The molecule has 0 spiro atoms. The van der Waals surface area contributed by atoms with Gasteiger partial charge in [-0.2, -0.15) is 0 Å². The summed E-state index contributed by atoms with van der Waals surface area (Å²) in [6.07, 6.45) is -1.33. The van der Waals surface area contributed by atoms with Gasteiger partial charge in [0.1, 0.15) is 11.7 Å². The van der Waals surface area contributed by atoms with Gasteiger partial charge in [0.05, 0.1) is 12.2 Å². The van der Waals surface area contributed by atoms with Crippen LogP contribution in [0.15, 0.2) is 0 Å². The number of carboxylic acid groups (broad SMARTS) is 1. The van der Waals surface area contributed by atoms with Crippen LogP contribution in [0, 0.1) is 5.92 Å². The van der Waals surface area contributed by atoms with E-state index in [0.717, 1.165) is 0 Å². The molecule has 0 rings (SSSR count). The van der Waals surface area contributed by atoms with Crippen LogP contribution in [0.2, 0.25) is 0 Å². The van der Waals surface area contributed by atoms with Crippen molar-refractivity contribution >= 4 is 11.8 Å². The van der Waals surface area contributed by atoms with E-state index < -0.39 is 29.9 Å². The molecule has 2 N–H and O–H groups in total. The molecule has 5 heteroatoms. The zero-order valence-electron chi connectivity index (χ0n) is 8.56. The number of aliphatic carboxylic acids is 1. The molecule has 0 amide bonds. The molecule has 0 aromatic carbocycles. The van der Waals surface area contributed by atoms with Crippen molar-refractivity contribution in [3.8, 4) is 0 Å². The van der Waals surface area contributed by atoms with Gasteiger partial charge in [0.25, 0.3) is 0 Å². The van der Waals surface area contributed by atoms with E-state index in [2.05, 4.69) is 0 Å². The number of ether oxygens (including phenoxy) is 1. The first kappa shape index (κ1) is 13.1. The number of methoxy groups -OCH3 is 1. The highest BCUT2D eigenvalue weighted by Crippen LogP contribution is 2.15. The van der Waals surface area contributed by atoms with Crippen LogP contribution in [0.5, 0.6) is 0 Å². The molecule has 0 aromatic rings. The molecule has 0 aromatic heterocycles. The zero-order valence-corrected chi connectivity index (χ0v) is 8.56. The average molecular weight is 204 g/mol. The van der Waals surface area contributed by atoms with Crippen LogP contribution >= 0.6 is 0 Å². The standard InChI is InChI=1S/C9H16O5/c1-5(10)4-7(14-3)8(6(2)11)9(12)13/h5,7-8,10H,4H2,1-3H3,(H,12,13). The number of Topliss-reactive ketones (excluding diaryl/α,β-unsaturated/α-hetero) is 1. The molecule has 0 aliphatic rings. The molecule has 5 nitrogen and oxygen atoms in total. The predicted octanol–water partition coefficient (Wildman–Crippen LogP) is 0.0621. The second-order valence-electron chi connectivity index (χ2n) is 3.29. The van der Waals surface area contributed by atoms with Crippen LogP contribution in [0.3, 0.4) is 0 Å². The average Bonchev–Trinajstić information content (AvgIpc) is 2.00. The third-order valence-corrected chi connectivity index (χ3v) is 1.95. The maximum absolute atomic E-state index is 11.0. The van der Waals surface area contributed by atoms with Crippen molar-refractivity contribution in [3.05, 3.63) is 0 Å². The van der Waals surface area contributed by atoms with Crippen molar-refractivity contribution in [1.82, 2.24) is 0 Å². The van der Waals surface area contributed by atoms with E-state index in [-0.39, 0.29) is 6.42 Å². The maximum atomic E-state index is 11.0. The van der Waals surface area contributed by atoms with Crippen LogP contribution in [0.25, 0.3) is 0 Å². The van der Waals surface area contributed by atoms with Crippen molar-refractivity contribution in [2.75, 3.05) is 7.11 Å². The maximum Gasteiger partial charge on any atom is 0.316 e. The fourth-order valence-electron chi connectivity index (χ4n) is 1.30. The van der Waals surface area contributed by atoms with Crippen LogP contribution in [-0.2, 0) is 14.3 Å². The van der Waals surface area contributed by atoms with Crippen molar-refractivity contribution in [2.24, 2.45) is 5.92 Å². The van der Waals surface area contributed by atoms with Crippen molar-refractivity contribution in [2.45, 2.75) is 32.5 Å². The quantitative estimate of drug-likeness (QED) is 0.598. The molecular formula is C9H16O5. The van der Waals surface area contributed by atoms with Gasteiger partial charge in [-0.3, -0.25) is 9.59 Å². The molecule has 14 heavy (non-hydrogen) atoms. The summed E-state index contributed by atoms with van der Waals surface area (Å²) in [5, 5.41) is 17.9. The summed E-state index contributed by atoms with van der Waals surface area (Å²) >= 11 is 0. The second-order valence-corrected chi connectivity index (χ2v) is 3.29. The second kappa shape index (κ2) is 5.72. The normalized spacial score (nSPS) is 17.1. The Morgan fingerprint density at radius 1 is 1.43 bits per heavy atom. The van der Waals surface area contributed by atoms with E-state index >= 15 is 0 Å².